The summed E-state index contributed by atoms with van der Waals surface area (Å²) in [6.07, 6.45) is 0.902. The number of ether oxygens (including phenoxy) is 2. The van der Waals surface area contributed by atoms with Crippen LogP contribution in [0.3, 0.4) is 0 Å². The fourth-order valence-corrected chi connectivity index (χ4v) is 3.96. The molecule has 1 atom stereocenters. The molecule has 4 rings (SSSR count). The van der Waals surface area contributed by atoms with Gasteiger partial charge in [0.05, 0.1) is 12.7 Å². The smallest absolute Gasteiger partial charge is 0.339 e. The number of nitrogens with one attached hydrogen (secondary N) is 1. The van der Waals surface area contributed by atoms with E-state index in [1.807, 2.05) is 42.5 Å². The highest BCUT2D eigenvalue weighted by Gasteiger charge is 2.42. The number of esters is 1. The SMILES string of the molecule is COc1ccc(NC(=O)C2(C)Cc3cc(Cl)ccc3C(=O)O2)cc1Cc1ccccc1. The van der Waals surface area contributed by atoms with Crippen molar-refractivity contribution in [3.05, 3.63) is 94.0 Å². The number of hydrogen-bond acceptors (Lipinski definition) is 4. The van der Waals surface area contributed by atoms with Crippen molar-refractivity contribution in [3.63, 3.8) is 0 Å². The maximum Gasteiger partial charge on any atom is 0.339 e. The summed E-state index contributed by atoms with van der Waals surface area (Å²) in [7, 11) is 1.62. The van der Waals surface area contributed by atoms with E-state index in [1.165, 1.54) is 0 Å². The van der Waals surface area contributed by atoms with E-state index in [4.69, 9.17) is 21.1 Å². The molecule has 1 aliphatic heterocycles. The Morgan fingerprint density at radius 3 is 2.65 bits per heavy atom. The summed E-state index contributed by atoms with van der Waals surface area (Å²) in [4.78, 5) is 25.5. The highest BCUT2D eigenvalue weighted by atomic mass is 35.5. The molecule has 1 aliphatic rings. The number of anilines is 1. The summed E-state index contributed by atoms with van der Waals surface area (Å²) in [5.74, 6) is -0.196. The molecule has 1 unspecified atom stereocenters. The molecular weight excluding hydrogens is 414 g/mol. The molecule has 0 saturated heterocycles. The van der Waals surface area contributed by atoms with E-state index in [9.17, 15) is 9.59 Å². The first kappa shape index (κ1) is 20.9. The van der Waals surface area contributed by atoms with E-state index in [0.29, 0.717) is 28.3 Å². The van der Waals surface area contributed by atoms with E-state index in [-0.39, 0.29) is 6.42 Å². The van der Waals surface area contributed by atoms with E-state index in [0.717, 1.165) is 16.9 Å². The van der Waals surface area contributed by atoms with Crippen LogP contribution in [0.4, 0.5) is 5.69 Å². The summed E-state index contributed by atoms with van der Waals surface area (Å²) >= 11 is 6.07. The Bertz CT molecular complexity index is 1150. The van der Waals surface area contributed by atoms with Crippen LogP contribution in [0.15, 0.2) is 66.7 Å². The van der Waals surface area contributed by atoms with Gasteiger partial charge in [-0.2, -0.15) is 0 Å². The molecule has 0 spiro atoms. The maximum atomic E-state index is 13.1. The Balaban J connectivity index is 1.57. The van der Waals surface area contributed by atoms with E-state index in [1.54, 1.807) is 38.3 Å². The monoisotopic (exact) mass is 435 g/mol. The fraction of sp³-hybridized carbons (Fsp3) is 0.200. The molecule has 31 heavy (non-hydrogen) atoms. The van der Waals surface area contributed by atoms with Crippen molar-refractivity contribution in [2.45, 2.75) is 25.4 Å². The van der Waals surface area contributed by atoms with Gasteiger partial charge in [0.15, 0.2) is 5.60 Å². The van der Waals surface area contributed by atoms with Crippen LogP contribution in [0.5, 0.6) is 5.75 Å². The number of fused-ring (bicyclic) bond motifs is 1. The Labute approximate surface area is 185 Å². The molecule has 0 aliphatic carbocycles. The number of methoxy groups -OCH3 is 1. The van der Waals surface area contributed by atoms with Gasteiger partial charge in [0.2, 0.25) is 0 Å². The quantitative estimate of drug-likeness (QED) is 0.569. The van der Waals surface area contributed by atoms with Crippen LogP contribution in [0.25, 0.3) is 0 Å². The van der Waals surface area contributed by atoms with Gasteiger partial charge in [-0.25, -0.2) is 4.79 Å². The van der Waals surface area contributed by atoms with Gasteiger partial charge in [-0.3, -0.25) is 4.79 Å². The van der Waals surface area contributed by atoms with Crippen LogP contribution in [0.1, 0.15) is 34.0 Å². The predicted molar refractivity (Wildman–Crippen MR) is 120 cm³/mol. The van der Waals surface area contributed by atoms with Gasteiger partial charge in [-0.1, -0.05) is 41.9 Å². The molecule has 3 aromatic carbocycles. The lowest BCUT2D eigenvalue weighted by atomic mass is 9.89. The third-order valence-corrected chi connectivity index (χ3v) is 5.62. The van der Waals surface area contributed by atoms with Gasteiger partial charge < -0.3 is 14.8 Å². The van der Waals surface area contributed by atoms with Gasteiger partial charge in [0.25, 0.3) is 5.91 Å². The summed E-state index contributed by atoms with van der Waals surface area (Å²) in [5.41, 5.74) is 2.46. The third kappa shape index (κ3) is 4.42. The largest absolute Gasteiger partial charge is 0.496 e. The topological polar surface area (TPSA) is 64.6 Å². The molecular formula is C25H22ClNO4. The van der Waals surface area contributed by atoms with Gasteiger partial charge in [-0.15, -0.1) is 0 Å². The fourth-order valence-electron chi connectivity index (χ4n) is 3.77. The standard InChI is InChI=1S/C25H22ClNO4/c1-25(15-18-13-19(26)8-10-21(18)23(28)31-25)24(29)27-20-9-11-22(30-2)17(14-20)12-16-6-4-3-5-7-16/h3-11,13-14H,12,15H2,1-2H3,(H,27,29). The molecule has 3 aromatic rings. The number of rotatable bonds is 5. The van der Waals surface area contributed by atoms with Gasteiger partial charge >= 0.3 is 5.97 Å². The highest BCUT2D eigenvalue weighted by molar-refractivity contribution is 6.30. The second-order valence-corrected chi connectivity index (χ2v) is 8.18. The highest BCUT2D eigenvalue weighted by Crippen LogP contribution is 2.32. The lowest BCUT2D eigenvalue weighted by Gasteiger charge is -2.33. The van der Waals surface area contributed by atoms with Crippen molar-refractivity contribution in [2.24, 2.45) is 0 Å². The normalized spacial score (nSPS) is 17.5. The molecule has 158 valence electrons. The molecule has 1 N–H and O–H groups in total. The van der Waals surface area contributed by atoms with Crippen molar-refractivity contribution in [1.82, 2.24) is 0 Å². The molecule has 0 radical (unpaired) electrons. The number of cyclic esters (lactones) is 1. The zero-order valence-electron chi connectivity index (χ0n) is 17.3. The average molecular weight is 436 g/mol. The van der Waals surface area contributed by atoms with E-state index in [2.05, 4.69) is 5.32 Å². The summed E-state index contributed by atoms with van der Waals surface area (Å²) in [6.45, 7) is 1.61. The van der Waals surface area contributed by atoms with Crippen molar-refractivity contribution >= 4 is 29.2 Å². The van der Waals surface area contributed by atoms with Crippen molar-refractivity contribution in [2.75, 3.05) is 12.4 Å². The third-order valence-electron chi connectivity index (χ3n) is 5.39. The summed E-state index contributed by atoms with van der Waals surface area (Å²) in [5, 5.41) is 3.40. The number of carbonyl (C=O) groups is 2. The van der Waals surface area contributed by atoms with Gasteiger partial charge in [-0.05, 0) is 54.4 Å². The number of carbonyl (C=O) groups excluding carboxylic acids is 2. The first-order valence-corrected chi connectivity index (χ1v) is 10.3. The average Bonchev–Trinajstić information content (AvgIpc) is 2.74. The van der Waals surface area contributed by atoms with Crippen LogP contribution in [0.2, 0.25) is 5.02 Å². The second-order valence-electron chi connectivity index (χ2n) is 7.74. The van der Waals surface area contributed by atoms with E-state index < -0.39 is 17.5 Å². The van der Waals surface area contributed by atoms with Crippen LogP contribution in [0, 0.1) is 0 Å². The minimum atomic E-state index is -1.34. The molecule has 0 aromatic heterocycles. The molecule has 0 fully saturated rings. The van der Waals surface area contributed by atoms with Crippen LogP contribution < -0.4 is 10.1 Å². The Hall–Kier alpha value is -3.31. The number of hydrogen-bond donors (Lipinski definition) is 1. The minimum Gasteiger partial charge on any atom is -0.496 e. The van der Waals surface area contributed by atoms with Crippen molar-refractivity contribution in [1.29, 1.82) is 0 Å². The number of amides is 1. The molecule has 1 amide bonds. The Morgan fingerprint density at radius 1 is 1.13 bits per heavy atom. The first-order chi connectivity index (χ1) is 14.9. The maximum absolute atomic E-state index is 13.1. The first-order valence-electron chi connectivity index (χ1n) is 9.92. The van der Waals surface area contributed by atoms with Crippen LogP contribution in [-0.4, -0.2) is 24.6 Å². The zero-order valence-corrected chi connectivity index (χ0v) is 18.0. The van der Waals surface area contributed by atoms with Gasteiger partial charge in [0.1, 0.15) is 5.75 Å². The molecule has 0 saturated carbocycles. The second kappa shape index (κ2) is 8.44. The lowest BCUT2D eigenvalue weighted by Crippen LogP contribution is -2.48. The number of benzene rings is 3. The summed E-state index contributed by atoms with van der Waals surface area (Å²) < 4.78 is 11.0. The van der Waals surface area contributed by atoms with Crippen molar-refractivity contribution in [3.8, 4) is 5.75 Å². The zero-order chi connectivity index (χ0) is 22.0. The lowest BCUT2D eigenvalue weighted by molar-refractivity contribution is -0.134. The Morgan fingerprint density at radius 2 is 1.90 bits per heavy atom. The molecule has 1 heterocycles. The van der Waals surface area contributed by atoms with Gasteiger partial charge in [0, 0.05) is 29.1 Å². The molecule has 0 bridgehead atoms. The van der Waals surface area contributed by atoms with E-state index >= 15 is 0 Å². The minimum absolute atomic E-state index is 0.244. The molecule has 5 nitrogen and oxygen atoms in total. The summed E-state index contributed by atoms with van der Waals surface area (Å²) in [6, 6.07) is 20.4. The van der Waals surface area contributed by atoms with Crippen LogP contribution in [-0.2, 0) is 22.4 Å². The van der Waals surface area contributed by atoms with Crippen LogP contribution >= 0.6 is 11.6 Å². The predicted octanol–water partition coefficient (Wildman–Crippen LogP) is 5.05. The van der Waals surface area contributed by atoms with Crippen molar-refractivity contribution < 1.29 is 19.1 Å². The number of halogens is 1. The Kier molecular flexibility index (Phi) is 5.70. The molecule has 6 heteroatoms.